The molecule has 2 aromatic rings. The summed E-state index contributed by atoms with van der Waals surface area (Å²) < 4.78 is 5.54. The molecule has 3 fully saturated rings. The lowest BCUT2D eigenvalue weighted by atomic mass is 9.94. The van der Waals surface area contributed by atoms with Crippen LogP contribution < -0.4 is 0 Å². The second kappa shape index (κ2) is 6.27. The Morgan fingerprint density at radius 3 is 2.64 bits per heavy atom. The minimum absolute atomic E-state index is 0.689. The largest absolute Gasteiger partial charge is 0.468 e. The second-order valence-electron chi connectivity index (χ2n) is 6.79. The first-order valence-corrected chi connectivity index (χ1v) is 8.39. The third-order valence-corrected chi connectivity index (χ3v) is 5.09. The van der Waals surface area contributed by atoms with Crippen molar-refractivity contribution in [1.82, 2.24) is 9.80 Å². The molecule has 22 heavy (non-hydrogen) atoms. The van der Waals surface area contributed by atoms with E-state index in [2.05, 4.69) is 46.2 Å². The van der Waals surface area contributed by atoms with Crippen molar-refractivity contribution in [3.8, 4) is 0 Å². The number of rotatable bonds is 4. The number of nitrogens with zero attached hydrogens (tertiary/aromatic N) is 2. The van der Waals surface area contributed by atoms with Crippen molar-refractivity contribution in [2.75, 3.05) is 19.6 Å². The van der Waals surface area contributed by atoms with E-state index in [1.807, 2.05) is 6.07 Å². The fraction of sp³-hybridized carbons (Fsp3) is 0.474. The molecule has 3 heteroatoms. The molecule has 0 spiro atoms. The van der Waals surface area contributed by atoms with Crippen LogP contribution in [0.1, 0.15) is 24.2 Å². The maximum Gasteiger partial charge on any atom is 0.117 e. The minimum atomic E-state index is 0.689. The van der Waals surface area contributed by atoms with Gasteiger partial charge >= 0.3 is 0 Å². The van der Waals surface area contributed by atoms with Gasteiger partial charge < -0.3 is 4.42 Å². The molecule has 0 unspecified atom stereocenters. The summed E-state index contributed by atoms with van der Waals surface area (Å²) in [7, 11) is 0. The number of fused-ring (bicyclic) bond motifs is 4. The molecule has 5 rings (SSSR count). The molecule has 4 heterocycles. The highest BCUT2D eigenvalue weighted by molar-refractivity contribution is 5.15. The number of benzene rings is 1. The van der Waals surface area contributed by atoms with Gasteiger partial charge in [-0.05, 0) is 36.5 Å². The van der Waals surface area contributed by atoms with E-state index >= 15 is 0 Å². The average Bonchev–Trinajstić information content (AvgIpc) is 2.89. The van der Waals surface area contributed by atoms with Gasteiger partial charge in [0.05, 0.1) is 12.8 Å². The Balaban J connectivity index is 1.44. The molecule has 3 aliphatic rings. The lowest BCUT2D eigenvalue weighted by Gasteiger charge is -2.36. The molecule has 0 radical (unpaired) electrons. The molecule has 0 N–H and O–H groups in total. The molecule has 2 atom stereocenters. The van der Waals surface area contributed by atoms with Crippen molar-refractivity contribution in [1.29, 1.82) is 0 Å². The van der Waals surface area contributed by atoms with E-state index in [-0.39, 0.29) is 0 Å². The highest BCUT2D eigenvalue weighted by Crippen LogP contribution is 2.29. The molecule has 0 aliphatic carbocycles. The Morgan fingerprint density at radius 1 is 0.909 bits per heavy atom. The number of piperidine rings is 1. The number of hydrogen-bond donors (Lipinski definition) is 0. The van der Waals surface area contributed by atoms with Crippen LogP contribution in [0.15, 0.2) is 53.1 Å². The summed E-state index contributed by atoms with van der Waals surface area (Å²) in [6.07, 6.45) is 4.50. The maximum atomic E-state index is 5.54. The minimum Gasteiger partial charge on any atom is -0.468 e. The van der Waals surface area contributed by atoms with E-state index in [1.165, 1.54) is 38.0 Å². The zero-order chi connectivity index (χ0) is 14.8. The van der Waals surface area contributed by atoms with Crippen LogP contribution in [0.4, 0.5) is 0 Å². The Bertz CT molecular complexity index is 581. The van der Waals surface area contributed by atoms with Crippen LogP contribution in [-0.4, -0.2) is 35.5 Å². The lowest BCUT2D eigenvalue weighted by molar-refractivity contribution is 0.122. The summed E-state index contributed by atoms with van der Waals surface area (Å²) in [6, 6.07) is 15.7. The van der Waals surface area contributed by atoms with Crippen molar-refractivity contribution in [2.24, 2.45) is 5.92 Å². The molecule has 0 amide bonds. The molecule has 1 aromatic carbocycles. The smallest absolute Gasteiger partial charge is 0.117 e. The van der Waals surface area contributed by atoms with Gasteiger partial charge in [-0.25, -0.2) is 0 Å². The van der Waals surface area contributed by atoms with Gasteiger partial charge in [-0.2, -0.15) is 0 Å². The van der Waals surface area contributed by atoms with Crippen LogP contribution in [0, 0.1) is 5.92 Å². The summed E-state index contributed by atoms with van der Waals surface area (Å²) in [6.45, 7) is 5.68. The first-order chi connectivity index (χ1) is 10.9. The predicted octanol–water partition coefficient (Wildman–Crippen LogP) is 3.38. The molecule has 0 saturated carbocycles. The average molecular weight is 296 g/mol. The normalized spacial score (nSPS) is 26.2. The molecule has 3 aliphatic heterocycles. The van der Waals surface area contributed by atoms with Crippen molar-refractivity contribution in [2.45, 2.75) is 32.0 Å². The van der Waals surface area contributed by atoms with Crippen LogP contribution in [0.5, 0.6) is 0 Å². The van der Waals surface area contributed by atoms with Gasteiger partial charge in [0.15, 0.2) is 0 Å². The van der Waals surface area contributed by atoms with Crippen LogP contribution in [0.25, 0.3) is 0 Å². The van der Waals surface area contributed by atoms with E-state index in [4.69, 9.17) is 4.42 Å². The molecule has 116 valence electrons. The van der Waals surface area contributed by atoms with Gasteiger partial charge in [-0.3, -0.25) is 9.80 Å². The van der Waals surface area contributed by atoms with E-state index in [9.17, 15) is 0 Å². The quantitative estimate of drug-likeness (QED) is 0.862. The van der Waals surface area contributed by atoms with E-state index in [1.54, 1.807) is 6.26 Å². The Labute approximate surface area is 132 Å². The first-order valence-electron chi connectivity index (χ1n) is 8.39. The third-order valence-electron chi connectivity index (χ3n) is 5.09. The third kappa shape index (κ3) is 3.11. The molecule has 1 aromatic heterocycles. The summed E-state index contributed by atoms with van der Waals surface area (Å²) in [5, 5.41) is 0. The van der Waals surface area contributed by atoms with Gasteiger partial charge in [0.25, 0.3) is 0 Å². The fourth-order valence-electron chi connectivity index (χ4n) is 4.04. The summed E-state index contributed by atoms with van der Waals surface area (Å²) in [5.74, 6) is 1.90. The van der Waals surface area contributed by atoms with Crippen LogP contribution in [-0.2, 0) is 13.1 Å². The Hall–Kier alpha value is -1.58. The van der Waals surface area contributed by atoms with Gasteiger partial charge in [0, 0.05) is 32.2 Å². The Kier molecular flexibility index (Phi) is 4.00. The first kappa shape index (κ1) is 14.0. The second-order valence-corrected chi connectivity index (χ2v) is 6.79. The molecule has 3 saturated heterocycles. The van der Waals surface area contributed by atoms with Crippen molar-refractivity contribution < 1.29 is 4.42 Å². The summed E-state index contributed by atoms with van der Waals surface area (Å²) >= 11 is 0. The molecular formula is C19H24N2O. The van der Waals surface area contributed by atoms with Crippen LogP contribution >= 0.6 is 0 Å². The Morgan fingerprint density at radius 2 is 1.82 bits per heavy atom. The maximum absolute atomic E-state index is 5.54. The number of furan rings is 1. The zero-order valence-corrected chi connectivity index (χ0v) is 13.0. The van der Waals surface area contributed by atoms with Gasteiger partial charge in [0.2, 0.25) is 0 Å². The molecule has 3 nitrogen and oxygen atoms in total. The monoisotopic (exact) mass is 296 g/mol. The van der Waals surface area contributed by atoms with Crippen molar-refractivity contribution in [3.05, 3.63) is 60.1 Å². The summed E-state index contributed by atoms with van der Waals surface area (Å²) in [4.78, 5) is 5.29. The number of hydrogen-bond acceptors (Lipinski definition) is 3. The van der Waals surface area contributed by atoms with Crippen LogP contribution in [0.2, 0.25) is 0 Å². The standard InChI is InChI=1S/C19H24N2O/c1-2-5-16(6-3-1)12-21-13-17-8-9-18(21)14-20(11-17)15-19-7-4-10-22-19/h1-7,10,17-18H,8-9,11-15H2/t17-,18+/m0/s1. The van der Waals surface area contributed by atoms with Gasteiger partial charge in [0.1, 0.15) is 5.76 Å². The predicted molar refractivity (Wildman–Crippen MR) is 87.3 cm³/mol. The SMILES string of the molecule is c1ccc(CN2C[C@H]3CC[C@@H]2CN(Cc2ccco2)C3)cc1. The van der Waals surface area contributed by atoms with Crippen molar-refractivity contribution >= 4 is 0 Å². The van der Waals surface area contributed by atoms with E-state index in [0.29, 0.717) is 6.04 Å². The van der Waals surface area contributed by atoms with Crippen LogP contribution in [0.3, 0.4) is 0 Å². The fourth-order valence-corrected chi connectivity index (χ4v) is 4.04. The topological polar surface area (TPSA) is 19.6 Å². The molecule has 2 bridgehead atoms. The van der Waals surface area contributed by atoms with E-state index < -0.39 is 0 Å². The van der Waals surface area contributed by atoms with E-state index in [0.717, 1.165) is 24.8 Å². The van der Waals surface area contributed by atoms with Gasteiger partial charge in [-0.1, -0.05) is 30.3 Å². The highest BCUT2D eigenvalue weighted by atomic mass is 16.3. The van der Waals surface area contributed by atoms with Gasteiger partial charge in [-0.15, -0.1) is 0 Å². The summed E-state index contributed by atoms with van der Waals surface area (Å²) in [5.41, 5.74) is 1.44. The lowest BCUT2D eigenvalue weighted by Crippen LogP contribution is -2.43. The molecular weight excluding hydrogens is 272 g/mol. The van der Waals surface area contributed by atoms with Crippen molar-refractivity contribution in [3.63, 3.8) is 0 Å². The highest BCUT2D eigenvalue weighted by Gasteiger charge is 2.34. The zero-order valence-electron chi connectivity index (χ0n) is 13.0.